The van der Waals surface area contributed by atoms with E-state index in [4.69, 9.17) is 5.11 Å². The van der Waals surface area contributed by atoms with Crippen LogP contribution >= 0.6 is 0 Å². The minimum atomic E-state index is -3.64. The quantitative estimate of drug-likeness (QED) is 0.837. The lowest BCUT2D eigenvalue weighted by Crippen LogP contribution is -2.37. The summed E-state index contributed by atoms with van der Waals surface area (Å²) in [4.78, 5) is 11.1. The molecule has 6 heteroatoms. The van der Waals surface area contributed by atoms with E-state index in [0.717, 1.165) is 5.56 Å². The molecule has 1 atom stereocenters. The predicted molar refractivity (Wildman–Crippen MR) is 77.0 cm³/mol. The fraction of sp³-hybridized carbons (Fsp3) is 0.500. The lowest BCUT2D eigenvalue weighted by molar-refractivity contribution is -0.141. The van der Waals surface area contributed by atoms with Crippen LogP contribution in [-0.2, 0) is 14.8 Å². The highest BCUT2D eigenvalue weighted by Crippen LogP contribution is 2.18. The monoisotopic (exact) mass is 299 g/mol. The van der Waals surface area contributed by atoms with Crippen molar-refractivity contribution in [2.24, 2.45) is 5.92 Å². The number of hydrogen-bond acceptors (Lipinski definition) is 3. The van der Waals surface area contributed by atoms with Gasteiger partial charge in [-0.15, -0.1) is 0 Å². The smallest absolute Gasteiger partial charge is 0.307 e. The largest absolute Gasteiger partial charge is 0.481 e. The van der Waals surface area contributed by atoms with E-state index in [1.165, 1.54) is 11.2 Å². The second-order valence-electron chi connectivity index (χ2n) is 4.92. The zero-order valence-electron chi connectivity index (χ0n) is 12.0. The van der Waals surface area contributed by atoms with E-state index in [1.807, 2.05) is 13.8 Å². The highest BCUT2D eigenvalue weighted by molar-refractivity contribution is 7.89. The van der Waals surface area contributed by atoms with Crippen LogP contribution in [0.2, 0.25) is 0 Å². The third-order valence-electron chi connectivity index (χ3n) is 3.03. The molecule has 112 valence electrons. The molecule has 0 radical (unpaired) electrons. The third-order valence-corrected chi connectivity index (χ3v) is 4.91. The SMILES string of the molecule is CCCN(CC(C)C(=O)O)S(=O)(=O)c1ccc(C)cc1. The van der Waals surface area contributed by atoms with Crippen molar-refractivity contribution in [3.05, 3.63) is 29.8 Å². The summed E-state index contributed by atoms with van der Waals surface area (Å²) in [6.45, 7) is 5.55. The van der Waals surface area contributed by atoms with Crippen molar-refractivity contribution in [2.45, 2.75) is 32.1 Å². The topological polar surface area (TPSA) is 74.7 Å². The van der Waals surface area contributed by atoms with Crippen LogP contribution in [0, 0.1) is 12.8 Å². The number of carboxylic acid groups (broad SMARTS) is 1. The van der Waals surface area contributed by atoms with Crippen LogP contribution in [0.3, 0.4) is 0 Å². The molecule has 0 aliphatic heterocycles. The van der Waals surface area contributed by atoms with Crippen LogP contribution in [0.25, 0.3) is 0 Å². The van der Waals surface area contributed by atoms with E-state index in [2.05, 4.69) is 0 Å². The van der Waals surface area contributed by atoms with Crippen molar-refractivity contribution in [3.8, 4) is 0 Å². The minimum absolute atomic E-state index is 0.0145. The highest BCUT2D eigenvalue weighted by atomic mass is 32.2. The van der Waals surface area contributed by atoms with E-state index in [0.29, 0.717) is 13.0 Å². The first-order valence-electron chi connectivity index (χ1n) is 6.58. The molecule has 1 rings (SSSR count). The van der Waals surface area contributed by atoms with Crippen molar-refractivity contribution in [1.29, 1.82) is 0 Å². The van der Waals surface area contributed by atoms with E-state index >= 15 is 0 Å². The zero-order valence-corrected chi connectivity index (χ0v) is 12.9. The van der Waals surface area contributed by atoms with Gasteiger partial charge in [-0.05, 0) is 25.5 Å². The molecule has 0 spiro atoms. The molecular formula is C14H21NO4S. The fourth-order valence-corrected chi connectivity index (χ4v) is 3.42. The Hall–Kier alpha value is -1.40. The Kier molecular flexibility index (Phi) is 5.71. The number of carbonyl (C=O) groups is 1. The number of rotatable bonds is 7. The van der Waals surface area contributed by atoms with Gasteiger partial charge in [0.15, 0.2) is 0 Å². The molecule has 0 saturated heterocycles. The molecule has 0 fully saturated rings. The molecule has 0 saturated carbocycles. The first-order valence-corrected chi connectivity index (χ1v) is 8.02. The first kappa shape index (κ1) is 16.7. The maximum Gasteiger partial charge on any atom is 0.307 e. The van der Waals surface area contributed by atoms with Crippen molar-refractivity contribution in [2.75, 3.05) is 13.1 Å². The van der Waals surface area contributed by atoms with Crippen LogP contribution in [0.5, 0.6) is 0 Å². The molecular weight excluding hydrogens is 278 g/mol. The Morgan fingerprint density at radius 2 is 1.85 bits per heavy atom. The molecule has 20 heavy (non-hydrogen) atoms. The van der Waals surface area contributed by atoms with E-state index < -0.39 is 21.9 Å². The van der Waals surface area contributed by atoms with Gasteiger partial charge in [-0.3, -0.25) is 4.79 Å². The van der Waals surface area contributed by atoms with Crippen molar-refractivity contribution >= 4 is 16.0 Å². The standard InChI is InChI=1S/C14H21NO4S/c1-4-9-15(10-12(3)14(16)17)20(18,19)13-7-5-11(2)6-8-13/h5-8,12H,4,9-10H2,1-3H3,(H,16,17). The third kappa shape index (κ3) is 4.05. The molecule has 1 N–H and O–H groups in total. The van der Waals surface area contributed by atoms with Gasteiger partial charge in [0, 0.05) is 13.1 Å². The van der Waals surface area contributed by atoms with Crippen molar-refractivity contribution < 1.29 is 18.3 Å². The fourth-order valence-electron chi connectivity index (χ4n) is 1.80. The summed E-state index contributed by atoms with van der Waals surface area (Å²) >= 11 is 0. The number of nitrogens with zero attached hydrogens (tertiary/aromatic N) is 1. The summed E-state index contributed by atoms with van der Waals surface area (Å²) in [5, 5.41) is 8.95. The lowest BCUT2D eigenvalue weighted by Gasteiger charge is -2.23. The maximum absolute atomic E-state index is 12.5. The predicted octanol–water partition coefficient (Wildman–Crippen LogP) is 2.12. The Bertz CT molecular complexity index is 551. The van der Waals surface area contributed by atoms with Crippen LogP contribution < -0.4 is 0 Å². The number of aryl methyl sites for hydroxylation is 1. The summed E-state index contributed by atoms with van der Waals surface area (Å²) in [5.74, 6) is -1.73. The van der Waals surface area contributed by atoms with Crippen molar-refractivity contribution in [3.63, 3.8) is 0 Å². The van der Waals surface area contributed by atoms with Gasteiger partial charge in [0.1, 0.15) is 0 Å². The maximum atomic E-state index is 12.5. The number of benzene rings is 1. The molecule has 0 aromatic heterocycles. The molecule has 0 heterocycles. The second-order valence-corrected chi connectivity index (χ2v) is 6.85. The molecule has 0 amide bonds. The Morgan fingerprint density at radius 1 is 1.30 bits per heavy atom. The van der Waals surface area contributed by atoms with Crippen LogP contribution in [0.15, 0.2) is 29.2 Å². The lowest BCUT2D eigenvalue weighted by atomic mass is 10.2. The number of aliphatic carboxylic acids is 1. The number of hydrogen-bond donors (Lipinski definition) is 1. The van der Waals surface area contributed by atoms with Gasteiger partial charge in [0.05, 0.1) is 10.8 Å². The molecule has 1 aromatic carbocycles. The van der Waals surface area contributed by atoms with Crippen LogP contribution in [0.4, 0.5) is 0 Å². The normalized spacial score (nSPS) is 13.4. The van der Waals surface area contributed by atoms with E-state index in [-0.39, 0.29) is 11.4 Å². The highest BCUT2D eigenvalue weighted by Gasteiger charge is 2.27. The summed E-state index contributed by atoms with van der Waals surface area (Å²) in [6, 6.07) is 6.58. The van der Waals surface area contributed by atoms with Gasteiger partial charge in [-0.1, -0.05) is 31.5 Å². The number of carboxylic acids is 1. The van der Waals surface area contributed by atoms with Gasteiger partial charge < -0.3 is 5.11 Å². The Morgan fingerprint density at radius 3 is 2.30 bits per heavy atom. The van der Waals surface area contributed by atoms with E-state index in [9.17, 15) is 13.2 Å². The van der Waals surface area contributed by atoms with Crippen LogP contribution in [-0.4, -0.2) is 36.9 Å². The molecule has 0 aliphatic rings. The summed E-state index contributed by atoms with van der Waals surface area (Å²) in [5.41, 5.74) is 0.977. The molecule has 1 aromatic rings. The van der Waals surface area contributed by atoms with Crippen LogP contribution in [0.1, 0.15) is 25.8 Å². The average molecular weight is 299 g/mol. The first-order chi connectivity index (χ1) is 9.28. The Balaban J connectivity index is 3.05. The van der Waals surface area contributed by atoms with Gasteiger partial charge in [-0.25, -0.2) is 8.42 Å². The molecule has 0 aliphatic carbocycles. The van der Waals surface area contributed by atoms with E-state index in [1.54, 1.807) is 24.3 Å². The average Bonchev–Trinajstić information content (AvgIpc) is 2.38. The molecule has 0 bridgehead atoms. The summed E-state index contributed by atoms with van der Waals surface area (Å²) in [7, 11) is -3.64. The van der Waals surface area contributed by atoms with Crippen molar-refractivity contribution in [1.82, 2.24) is 4.31 Å². The van der Waals surface area contributed by atoms with Gasteiger partial charge >= 0.3 is 5.97 Å². The number of sulfonamides is 1. The van der Waals surface area contributed by atoms with Gasteiger partial charge in [0.2, 0.25) is 10.0 Å². The Labute approximate surface area is 120 Å². The molecule has 1 unspecified atom stereocenters. The minimum Gasteiger partial charge on any atom is -0.481 e. The zero-order chi connectivity index (χ0) is 15.3. The summed E-state index contributed by atoms with van der Waals surface area (Å²) < 4.78 is 26.3. The summed E-state index contributed by atoms with van der Waals surface area (Å²) in [6.07, 6.45) is 0.636. The molecule has 5 nitrogen and oxygen atoms in total. The van der Waals surface area contributed by atoms with Gasteiger partial charge in [0.25, 0.3) is 0 Å². The van der Waals surface area contributed by atoms with Gasteiger partial charge in [-0.2, -0.15) is 4.31 Å². The second kappa shape index (κ2) is 6.85.